The van der Waals surface area contributed by atoms with Crippen molar-refractivity contribution in [1.29, 1.82) is 0 Å². The standard InChI is InChI=1S/C19H15NO5S/c1-11-4-3-5-13(8-11)18(22)25-14-7-6-12(9-15(14)24-2)10-16-17(21)20-19(23)26-16/h3-10H,1-2H3,(H,20,21,23)/b16-10-. The maximum Gasteiger partial charge on any atom is 0.343 e. The van der Waals surface area contributed by atoms with Crippen LogP contribution in [-0.2, 0) is 4.79 Å². The zero-order valence-corrected chi connectivity index (χ0v) is 14.9. The van der Waals surface area contributed by atoms with Gasteiger partial charge in [-0.05, 0) is 54.6 Å². The number of amides is 2. The highest BCUT2D eigenvalue weighted by molar-refractivity contribution is 8.18. The van der Waals surface area contributed by atoms with Gasteiger partial charge < -0.3 is 9.47 Å². The fourth-order valence-electron chi connectivity index (χ4n) is 2.36. The summed E-state index contributed by atoms with van der Waals surface area (Å²) in [5, 5.41) is 1.79. The van der Waals surface area contributed by atoms with E-state index in [0.29, 0.717) is 21.8 Å². The molecule has 1 saturated heterocycles. The van der Waals surface area contributed by atoms with Crippen LogP contribution in [0.1, 0.15) is 21.5 Å². The van der Waals surface area contributed by atoms with E-state index in [4.69, 9.17) is 9.47 Å². The van der Waals surface area contributed by atoms with Gasteiger partial charge >= 0.3 is 5.97 Å². The summed E-state index contributed by atoms with van der Waals surface area (Å²) in [7, 11) is 1.46. The summed E-state index contributed by atoms with van der Waals surface area (Å²) in [6, 6.07) is 12.0. The molecule has 2 amide bonds. The third kappa shape index (κ3) is 3.94. The van der Waals surface area contributed by atoms with Crippen molar-refractivity contribution in [2.75, 3.05) is 7.11 Å². The van der Waals surface area contributed by atoms with Crippen LogP contribution in [-0.4, -0.2) is 24.2 Å². The molecule has 0 saturated carbocycles. The van der Waals surface area contributed by atoms with Gasteiger partial charge in [0, 0.05) is 0 Å². The molecule has 1 aliphatic heterocycles. The first-order valence-corrected chi connectivity index (χ1v) is 8.49. The Morgan fingerprint density at radius 2 is 1.92 bits per heavy atom. The van der Waals surface area contributed by atoms with Crippen molar-refractivity contribution >= 4 is 35.0 Å². The molecule has 0 spiro atoms. The van der Waals surface area contributed by atoms with Gasteiger partial charge in [0.2, 0.25) is 0 Å². The average molecular weight is 369 g/mol. The number of benzene rings is 2. The van der Waals surface area contributed by atoms with Crippen molar-refractivity contribution in [3.63, 3.8) is 0 Å². The molecule has 2 aromatic rings. The van der Waals surface area contributed by atoms with Crippen LogP contribution in [0.3, 0.4) is 0 Å². The summed E-state index contributed by atoms with van der Waals surface area (Å²) in [5.74, 6) is -0.320. The molecule has 0 aliphatic carbocycles. The molecule has 2 aromatic carbocycles. The number of aryl methyl sites for hydroxylation is 1. The highest BCUT2D eigenvalue weighted by Gasteiger charge is 2.25. The highest BCUT2D eigenvalue weighted by Crippen LogP contribution is 2.32. The van der Waals surface area contributed by atoms with E-state index in [0.717, 1.165) is 17.3 Å². The van der Waals surface area contributed by atoms with Gasteiger partial charge in [-0.15, -0.1) is 0 Å². The maximum absolute atomic E-state index is 12.3. The van der Waals surface area contributed by atoms with Crippen LogP contribution in [0.25, 0.3) is 6.08 Å². The summed E-state index contributed by atoms with van der Waals surface area (Å²) < 4.78 is 10.7. The predicted molar refractivity (Wildman–Crippen MR) is 98.2 cm³/mol. The molecule has 1 N–H and O–H groups in total. The van der Waals surface area contributed by atoms with Gasteiger partial charge in [0.1, 0.15) is 0 Å². The van der Waals surface area contributed by atoms with Crippen molar-refractivity contribution in [3.8, 4) is 11.5 Å². The quantitative estimate of drug-likeness (QED) is 0.504. The largest absolute Gasteiger partial charge is 0.493 e. The lowest BCUT2D eigenvalue weighted by Crippen LogP contribution is -2.17. The number of hydrogen-bond donors (Lipinski definition) is 1. The molecule has 132 valence electrons. The number of thioether (sulfide) groups is 1. The normalized spacial score (nSPS) is 15.1. The molecule has 0 unspecified atom stereocenters. The second-order valence-corrected chi connectivity index (χ2v) is 6.54. The SMILES string of the molecule is COc1cc(/C=C2\SC(=O)NC2=O)ccc1OC(=O)c1cccc(C)c1. The highest BCUT2D eigenvalue weighted by atomic mass is 32.2. The molecule has 0 radical (unpaired) electrons. The Kier molecular flexibility index (Phi) is 5.09. The number of esters is 1. The molecule has 1 fully saturated rings. The van der Waals surface area contributed by atoms with Gasteiger partial charge in [-0.2, -0.15) is 0 Å². The lowest BCUT2D eigenvalue weighted by molar-refractivity contribution is -0.115. The van der Waals surface area contributed by atoms with Crippen LogP contribution in [0.15, 0.2) is 47.4 Å². The molecular weight excluding hydrogens is 354 g/mol. The lowest BCUT2D eigenvalue weighted by Gasteiger charge is -2.10. The van der Waals surface area contributed by atoms with E-state index in [1.54, 1.807) is 42.5 Å². The number of nitrogens with one attached hydrogen (secondary N) is 1. The third-order valence-corrected chi connectivity index (χ3v) is 4.39. The summed E-state index contributed by atoms with van der Waals surface area (Å²) in [4.78, 5) is 35.4. The van der Waals surface area contributed by atoms with Crippen molar-refractivity contribution in [2.45, 2.75) is 6.92 Å². The van der Waals surface area contributed by atoms with Gasteiger partial charge in [0.05, 0.1) is 17.6 Å². The second-order valence-electron chi connectivity index (χ2n) is 5.52. The average Bonchev–Trinajstić information content (AvgIpc) is 2.93. The number of carbonyl (C=O) groups is 3. The summed E-state index contributed by atoms with van der Waals surface area (Å²) >= 11 is 0.831. The van der Waals surface area contributed by atoms with E-state index in [2.05, 4.69) is 5.32 Å². The van der Waals surface area contributed by atoms with Crippen LogP contribution >= 0.6 is 11.8 Å². The Labute approximate surface area is 154 Å². The van der Waals surface area contributed by atoms with Gasteiger partial charge in [0.25, 0.3) is 11.1 Å². The zero-order chi connectivity index (χ0) is 18.7. The summed E-state index contributed by atoms with van der Waals surface area (Å²) in [6.45, 7) is 1.89. The second kappa shape index (κ2) is 7.45. The zero-order valence-electron chi connectivity index (χ0n) is 14.1. The Morgan fingerprint density at radius 1 is 1.12 bits per heavy atom. The van der Waals surface area contributed by atoms with E-state index in [9.17, 15) is 14.4 Å². The maximum atomic E-state index is 12.3. The molecule has 0 bridgehead atoms. The van der Waals surface area contributed by atoms with E-state index in [1.807, 2.05) is 13.0 Å². The van der Waals surface area contributed by atoms with Crippen molar-refractivity contribution in [3.05, 3.63) is 64.1 Å². The first-order chi connectivity index (χ1) is 12.5. The lowest BCUT2D eigenvalue weighted by atomic mass is 10.1. The van der Waals surface area contributed by atoms with Crippen LogP contribution in [0.5, 0.6) is 11.5 Å². The number of methoxy groups -OCH3 is 1. The van der Waals surface area contributed by atoms with Crippen LogP contribution in [0.4, 0.5) is 4.79 Å². The van der Waals surface area contributed by atoms with Crippen molar-refractivity contribution in [1.82, 2.24) is 5.32 Å². The molecule has 1 aliphatic rings. The number of rotatable bonds is 4. The Hall–Kier alpha value is -3.06. The van der Waals surface area contributed by atoms with E-state index >= 15 is 0 Å². The van der Waals surface area contributed by atoms with E-state index in [1.165, 1.54) is 7.11 Å². The fraction of sp³-hybridized carbons (Fsp3) is 0.105. The number of imide groups is 1. The number of hydrogen-bond acceptors (Lipinski definition) is 6. The van der Waals surface area contributed by atoms with Gasteiger partial charge in [-0.25, -0.2) is 4.79 Å². The topological polar surface area (TPSA) is 81.7 Å². The fourth-order valence-corrected chi connectivity index (χ4v) is 3.04. The van der Waals surface area contributed by atoms with Gasteiger partial charge in [-0.1, -0.05) is 23.8 Å². The van der Waals surface area contributed by atoms with Crippen LogP contribution < -0.4 is 14.8 Å². The van der Waals surface area contributed by atoms with Crippen LogP contribution in [0.2, 0.25) is 0 Å². The minimum absolute atomic E-state index is 0.265. The van der Waals surface area contributed by atoms with Crippen LogP contribution in [0, 0.1) is 6.92 Å². The number of carbonyl (C=O) groups excluding carboxylic acids is 3. The first kappa shape index (κ1) is 17.8. The van der Waals surface area contributed by atoms with E-state index < -0.39 is 17.1 Å². The summed E-state index contributed by atoms with van der Waals surface area (Å²) in [6.07, 6.45) is 1.57. The molecule has 3 rings (SSSR count). The van der Waals surface area contributed by atoms with Gasteiger partial charge in [0.15, 0.2) is 11.5 Å². The molecule has 0 atom stereocenters. The van der Waals surface area contributed by atoms with E-state index in [-0.39, 0.29) is 5.75 Å². The Bertz CT molecular complexity index is 935. The molecule has 6 nitrogen and oxygen atoms in total. The van der Waals surface area contributed by atoms with Crippen molar-refractivity contribution < 1.29 is 23.9 Å². The number of ether oxygens (including phenoxy) is 2. The minimum Gasteiger partial charge on any atom is -0.493 e. The smallest absolute Gasteiger partial charge is 0.343 e. The molecular formula is C19H15NO5S. The summed E-state index contributed by atoms with van der Waals surface area (Å²) in [5.41, 5.74) is 2.04. The predicted octanol–water partition coefficient (Wildman–Crippen LogP) is 3.55. The Balaban J connectivity index is 1.83. The minimum atomic E-state index is -0.491. The van der Waals surface area contributed by atoms with Gasteiger partial charge in [-0.3, -0.25) is 14.9 Å². The Morgan fingerprint density at radius 3 is 2.58 bits per heavy atom. The molecule has 0 aromatic heterocycles. The molecule has 1 heterocycles. The molecule has 26 heavy (non-hydrogen) atoms. The third-order valence-electron chi connectivity index (χ3n) is 3.58. The van der Waals surface area contributed by atoms with Crippen molar-refractivity contribution in [2.24, 2.45) is 0 Å². The molecule has 7 heteroatoms. The first-order valence-electron chi connectivity index (χ1n) is 7.68. The monoisotopic (exact) mass is 369 g/mol.